The Morgan fingerprint density at radius 1 is 1.38 bits per heavy atom. The van der Waals surface area contributed by atoms with Crippen molar-refractivity contribution in [3.63, 3.8) is 0 Å². The van der Waals surface area contributed by atoms with Crippen molar-refractivity contribution < 1.29 is 14.1 Å². The van der Waals surface area contributed by atoms with E-state index in [1.807, 2.05) is 0 Å². The van der Waals surface area contributed by atoms with E-state index in [1.165, 1.54) is 30.5 Å². The minimum Gasteiger partial charge on any atom is -0.461 e. The standard InChI is InChI=1S/C17H13N3O5S/c1-18-11-5-4-10(7-12(11)20(23)24)8-15-17(22)19-16(26-15)9-13(21)14-3-2-6-25-14/h2-9,18H,1H3,(H,19,22). The first-order chi connectivity index (χ1) is 12.5. The van der Waals surface area contributed by atoms with Crippen LogP contribution in [0.3, 0.4) is 0 Å². The lowest BCUT2D eigenvalue weighted by Crippen LogP contribution is -2.20. The molecule has 0 aliphatic rings. The number of aromatic nitrogens is 1. The molecule has 132 valence electrons. The molecule has 3 aromatic rings. The number of nitro benzene ring substituents is 1. The molecule has 0 unspecified atom stereocenters. The number of hydrogen-bond acceptors (Lipinski definition) is 7. The third-order valence-electron chi connectivity index (χ3n) is 3.49. The summed E-state index contributed by atoms with van der Waals surface area (Å²) < 4.78 is 5.71. The molecular formula is C17H13N3O5S. The molecule has 26 heavy (non-hydrogen) atoms. The Labute approximate surface area is 150 Å². The van der Waals surface area contributed by atoms with E-state index in [0.717, 1.165) is 11.3 Å². The number of rotatable bonds is 5. The molecule has 1 aromatic carbocycles. The number of H-pyrrole nitrogens is 1. The number of nitrogens with zero attached hydrogens (tertiary/aromatic N) is 1. The SMILES string of the molecule is CNc1ccc(C=c2sc(=CC(=O)c3ccco3)[nH]c2=O)cc1[N+](=O)[O-]. The smallest absolute Gasteiger partial charge is 0.292 e. The summed E-state index contributed by atoms with van der Waals surface area (Å²) in [5.41, 5.74) is 0.417. The van der Waals surface area contributed by atoms with Crippen LogP contribution in [-0.2, 0) is 0 Å². The summed E-state index contributed by atoms with van der Waals surface area (Å²) in [6, 6.07) is 7.73. The van der Waals surface area contributed by atoms with Crippen LogP contribution in [0.1, 0.15) is 16.1 Å². The average molecular weight is 371 g/mol. The third kappa shape index (κ3) is 3.62. The minimum atomic E-state index is -0.497. The van der Waals surface area contributed by atoms with Crippen LogP contribution in [-0.4, -0.2) is 22.7 Å². The summed E-state index contributed by atoms with van der Waals surface area (Å²) in [5.74, 6) is -0.198. The zero-order chi connectivity index (χ0) is 18.7. The number of thiazole rings is 1. The van der Waals surface area contributed by atoms with Gasteiger partial charge in [-0.1, -0.05) is 6.07 Å². The molecule has 0 saturated heterocycles. The highest BCUT2D eigenvalue weighted by atomic mass is 32.1. The van der Waals surface area contributed by atoms with E-state index < -0.39 is 4.92 Å². The maximum Gasteiger partial charge on any atom is 0.292 e. The van der Waals surface area contributed by atoms with Crippen molar-refractivity contribution in [3.8, 4) is 0 Å². The van der Waals surface area contributed by atoms with E-state index in [-0.39, 0.29) is 22.8 Å². The van der Waals surface area contributed by atoms with Gasteiger partial charge in [-0.25, -0.2) is 0 Å². The van der Waals surface area contributed by atoms with Gasteiger partial charge in [0.1, 0.15) is 5.69 Å². The number of nitrogens with one attached hydrogen (secondary N) is 2. The molecule has 8 nitrogen and oxygen atoms in total. The Bertz CT molecular complexity index is 1140. The Morgan fingerprint density at radius 3 is 2.85 bits per heavy atom. The van der Waals surface area contributed by atoms with Gasteiger partial charge in [-0.3, -0.25) is 19.7 Å². The molecule has 0 aliphatic heterocycles. The molecule has 0 bridgehead atoms. The van der Waals surface area contributed by atoms with Crippen LogP contribution < -0.4 is 20.1 Å². The molecule has 2 heterocycles. The number of hydrogen-bond donors (Lipinski definition) is 2. The van der Waals surface area contributed by atoms with Crippen LogP contribution >= 0.6 is 11.3 Å². The highest BCUT2D eigenvalue weighted by Gasteiger charge is 2.12. The van der Waals surface area contributed by atoms with Crippen molar-refractivity contribution in [2.45, 2.75) is 0 Å². The molecule has 9 heteroatoms. The largest absolute Gasteiger partial charge is 0.461 e. The molecule has 3 rings (SSSR count). The zero-order valence-electron chi connectivity index (χ0n) is 13.5. The van der Waals surface area contributed by atoms with E-state index in [0.29, 0.717) is 20.4 Å². The first-order valence-corrected chi connectivity index (χ1v) is 8.26. The zero-order valence-corrected chi connectivity index (χ0v) is 14.3. The van der Waals surface area contributed by atoms with E-state index in [9.17, 15) is 19.7 Å². The third-order valence-corrected chi connectivity index (χ3v) is 4.46. The normalized spacial score (nSPS) is 12.3. The number of benzene rings is 1. The second kappa shape index (κ2) is 7.19. The van der Waals surface area contributed by atoms with E-state index in [2.05, 4.69) is 10.3 Å². The number of anilines is 1. The molecule has 0 fully saturated rings. The van der Waals surface area contributed by atoms with E-state index in [1.54, 1.807) is 25.2 Å². The van der Waals surface area contributed by atoms with Crippen molar-refractivity contribution in [3.05, 3.63) is 77.6 Å². The summed E-state index contributed by atoms with van der Waals surface area (Å²) in [5, 5.41) is 13.9. The Balaban J connectivity index is 2.02. The Kier molecular flexibility index (Phi) is 4.81. The summed E-state index contributed by atoms with van der Waals surface area (Å²) >= 11 is 1.08. The molecule has 0 atom stereocenters. The molecule has 0 amide bonds. The molecule has 0 aliphatic carbocycles. The highest BCUT2D eigenvalue weighted by molar-refractivity contribution is 7.07. The Hall–Kier alpha value is -3.46. The number of Topliss-reactive ketones (excluding diaryl/α,β-unsaturated/α-hetero) is 1. The molecule has 0 spiro atoms. The van der Waals surface area contributed by atoms with E-state index in [4.69, 9.17) is 4.42 Å². The molecular weight excluding hydrogens is 358 g/mol. The van der Waals surface area contributed by atoms with Crippen LogP contribution in [0.15, 0.2) is 45.8 Å². The lowest BCUT2D eigenvalue weighted by atomic mass is 10.1. The fourth-order valence-corrected chi connectivity index (χ4v) is 3.17. The molecule has 2 aromatic heterocycles. The number of ketones is 1. The van der Waals surface area contributed by atoms with Crippen molar-refractivity contribution in [1.82, 2.24) is 4.98 Å². The number of aromatic amines is 1. The first kappa shape index (κ1) is 17.4. The van der Waals surface area contributed by atoms with Gasteiger partial charge in [-0.15, -0.1) is 11.3 Å². The fraction of sp³-hybridized carbons (Fsp3) is 0.0588. The summed E-state index contributed by atoms with van der Waals surface area (Å²) in [6.45, 7) is 0. The second-order valence-corrected chi connectivity index (χ2v) is 6.28. The van der Waals surface area contributed by atoms with Gasteiger partial charge in [-0.05, 0) is 29.8 Å². The summed E-state index contributed by atoms with van der Waals surface area (Å²) in [4.78, 5) is 37.3. The predicted octanol–water partition coefficient (Wildman–Crippen LogP) is 1.47. The van der Waals surface area contributed by atoms with Gasteiger partial charge in [0.2, 0.25) is 5.78 Å². The number of nitro groups is 1. The number of carbonyl (C=O) groups is 1. The van der Waals surface area contributed by atoms with Gasteiger partial charge in [0.15, 0.2) is 5.76 Å². The highest BCUT2D eigenvalue weighted by Crippen LogP contribution is 2.25. The van der Waals surface area contributed by atoms with Gasteiger partial charge >= 0.3 is 0 Å². The maximum atomic E-state index is 12.1. The van der Waals surface area contributed by atoms with Crippen molar-refractivity contribution in [2.75, 3.05) is 12.4 Å². The quantitative estimate of drug-likeness (QED) is 0.398. The summed E-state index contributed by atoms with van der Waals surface area (Å²) in [6.07, 6.45) is 4.19. The first-order valence-electron chi connectivity index (χ1n) is 7.44. The Morgan fingerprint density at radius 2 is 2.19 bits per heavy atom. The molecule has 2 N–H and O–H groups in total. The lowest BCUT2D eigenvalue weighted by molar-refractivity contribution is -0.383. The minimum absolute atomic E-state index is 0.0889. The van der Waals surface area contributed by atoms with Gasteiger partial charge in [0.25, 0.3) is 11.2 Å². The summed E-state index contributed by atoms with van der Waals surface area (Å²) in [7, 11) is 1.59. The van der Waals surface area contributed by atoms with E-state index >= 15 is 0 Å². The second-order valence-electron chi connectivity index (χ2n) is 5.20. The van der Waals surface area contributed by atoms with Crippen LogP contribution in [0.4, 0.5) is 11.4 Å². The lowest BCUT2D eigenvalue weighted by Gasteiger charge is -2.02. The van der Waals surface area contributed by atoms with Gasteiger partial charge < -0.3 is 14.7 Å². The van der Waals surface area contributed by atoms with Gasteiger partial charge in [0, 0.05) is 19.2 Å². The van der Waals surface area contributed by atoms with Gasteiger partial charge in [0.05, 0.1) is 20.4 Å². The van der Waals surface area contributed by atoms with Crippen LogP contribution in [0.25, 0.3) is 12.2 Å². The van der Waals surface area contributed by atoms with Gasteiger partial charge in [-0.2, -0.15) is 0 Å². The van der Waals surface area contributed by atoms with Crippen LogP contribution in [0.2, 0.25) is 0 Å². The fourth-order valence-electron chi connectivity index (χ4n) is 2.29. The maximum absolute atomic E-state index is 12.1. The van der Waals surface area contributed by atoms with Crippen molar-refractivity contribution >= 4 is 40.6 Å². The molecule has 0 saturated carbocycles. The number of furan rings is 1. The monoisotopic (exact) mass is 371 g/mol. The number of carbonyl (C=O) groups excluding carboxylic acids is 1. The van der Waals surface area contributed by atoms with Crippen molar-refractivity contribution in [1.29, 1.82) is 0 Å². The predicted molar refractivity (Wildman–Crippen MR) is 97.9 cm³/mol. The topological polar surface area (TPSA) is 118 Å². The van der Waals surface area contributed by atoms with Crippen LogP contribution in [0, 0.1) is 10.1 Å². The average Bonchev–Trinajstić information content (AvgIpc) is 3.25. The van der Waals surface area contributed by atoms with Crippen molar-refractivity contribution in [2.24, 2.45) is 0 Å². The molecule has 0 radical (unpaired) electrons. The van der Waals surface area contributed by atoms with Crippen LogP contribution in [0.5, 0.6) is 0 Å².